The Kier molecular flexibility index (Phi) is 11.5. The number of amides is 1. The molecule has 0 bridgehead atoms. The van der Waals surface area contributed by atoms with Crippen molar-refractivity contribution in [1.29, 1.82) is 0 Å². The van der Waals surface area contributed by atoms with Crippen LogP contribution in [-0.2, 0) is 44.4 Å². The second-order valence-corrected chi connectivity index (χ2v) is 15.0. The van der Waals surface area contributed by atoms with Gasteiger partial charge >= 0.3 is 0 Å². The van der Waals surface area contributed by atoms with E-state index in [0.717, 1.165) is 27.4 Å². The Morgan fingerprint density at radius 3 is 2.42 bits per heavy atom. The van der Waals surface area contributed by atoms with Gasteiger partial charge in [0.2, 0.25) is 15.9 Å². The number of rotatable bonds is 13. The van der Waals surface area contributed by atoms with Crippen LogP contribution in [0.2, 0.25) is 0 Å². The first-order valence-electron chi connectivity index (χ1n) is 16.3. The monoisotopic (exact) mass is 712 g/mol. The van der Waals surface area contributed by atoms with Gasteiger partial charge < -0.3 is 24.5 Å². The van der Waals surface area contributed by atoms with E-state index in [9.17, 15) is 18.3 Å². The second-order valence-electron chi connectivity index (χ2n) is 12.3. The van der Waals surface area contributed by atoms with Gasteiger partial charge in [-0.2, -0.15) is 4.72 Å². The van der Waals surface area contributed by atoms with Crippen LogP contribution < -0.4 is 10.0 Å². The molecular weight excluding hydrogens is 673 g/mol. The minimum atomic E-state index is -4.00. The molecule has 0 spiro atoms. The molecule has 1 amide bonds. The minimum Gasteiger partial charge on any atom is -0.392 e. The largest absolute Gasteiger partial charge is 0.392 e. The Morgan fingerprint density at radius 1 is 0.960 bits per heavy atom. The van der Waals surface area contributed by atoms with Crippen LogP contribution in [0.4, 0.5) is 5.69 Å². The van der Waals surface area contributed by atoms with Crippen LogP contribution in [-0.4, -0.2) is 46.9 Å². The van der Waals surface area contributed by atoms with Crippen LogP contribution >= 0.6 is 11.8 Å². The van der Waals surface area contributed by atoms with Gasteiger partial charge in [0.25, 0.3) is 0 Å². The number of sulfonamides is 1. The van der Waals surface area contributed by atoms with Crippen LogP contribution in [0.1, 0.15) is 46.6 Å². The van der Waals surface area contributed by atoms with Crippen molar-refractivity contribution in [3.8, 4) is 0 Å². The first kappa shape index (κ1) is 35.5. The third-order valence-corrected chi connectivity index (χ3v) is 11.1. The predicted molar refractivity (Wildman–Crippen MR) is 193 cm³/mol. The van der Waals surface area contributed by atoms with Crippen LogP contribution in [0.3, 0.4) is 0 Å². The number of ether oxygens (including phenoxy) is 2. The summed E-state index contributed by atoms with van der Waals surface area (Å²) in [4.78, 5) is 18.3. The van der Waals surface area contributed by atoms with E-state index in [1.807, 2.05) is 85.4 Å². The molecule has 12 heteroatoms. The number of thioether (sulfide) groups is 1. The predicted octanol–water partition coefficient (Wildman–Crippen LogP) is 6.09. The van der Waals surface area contributed by atoms with E-state index < -0.39 is 28.3 Å². The number of hydrogen-bond donors (Lipinski definition) is 3. The van der Waals surface area contributed by atoms with Crippen molar-refractivity contribution >= 4 is 33.4 Å². The van der Waals surface area contributed by atoms with Gasteiger partial charge in [-0.1, -0.05) is 96.2 Å². The highest BCUT2D eigenvalue weighted by atomic mass is 32.2. The molecule has 0 radical (unpaired) electrons. The fourth-order valence-electron chi connectivity index (χ4n) is 5.68. The van der Waals surface area contributed by atoms with Gasteiger partial charge in [-0.05, 0) is 54.3 Å². The van der Waals surface area contributed by atoms with Gasteiger partial charge in [0, 0.05) is 42.9 Å². The van der Waals surface area contributed by atoms with Crippen LogP contribution in [0.15, 0.2) is 126 Å². The number of imidazole rings is 1. The zero-order valence-electron chi connectivity index (χ0n) is 27.8. The zero-order valence-corrected chi connectivity index (χ0v) is 29.4. The number of aromatic nitrogens is 2. The summed E-state index contributed by atoms with van der Waals surface area (Å²) in [6, 6.07) is 29.6. The highest BCUT2D eigenvalue weighted by molar-refractivity contribution is 7.99. The van der Waals surface area contributed by atoms with E-state index in [1.165, 1.54) is 12.1 Å². The molecule has 260 valence electrons. The maximum atomic E-state index is 13.8. The molecule has 2 heterocycles. The molecule has 0 aliphatic carbocycles. The summed E-state index contributed by atoms with van der Waals surface area (Å²) in [5, 5.41) is 13.4. The zero-order chi connectivity index (χ0) is 35.1. The Hall–Kier alpha value is -4.30. The quantitative estimate of drug-likeness (QED) is 0.125. The van der Waals surface area contributed by atoms with Gasteiger partial charge in [-0.25, -0.2) is 13.4 Å². The number of aryl methyl sites for hydroxylation is 2. The van der Waals surface area contributed by atoms with Crippen molar-refractivity contribution < 1.29 is 27.8 Å². The lowest BCUT2D eigenvalue weighted by Crippen LogP contribution is -2.45. The molecule has 3 N–H and O–H groups in total. The van der Waals surface area contributed by atoms with Gasteiger partial charge in [0.05, 0.1) is 23.7 Å². The number of carbonyl (C=O) groups excluding carboxylic acids is 1. The number of aliphatic hydroxyl groups is 1. The average molecular weight is 713 g/mol. The molecule has 5 aromatic rings. The van der Waals surface area contributed by atoms with E-state index in [0.29, 0.717) is 23.4 Å². The van der Waals surface area contributed by atoms with Gasteiger partial charge in [-0.15, -0.1) is 0 Å². The topological polar surface area (TPSA) is 132 Å². The molecule has 1 saturated heterocycles. The van der Waals surface area contributed by atoms with Crippen molar-refractivity contribution in [3.63, 3.8) is 0 Å². The van der Waals surface area contributed by atoms with E-state index in [1.54, 1.807) is 48.3 Å². The van der Waals surface area contributed by atoms with Crippen molar-refractivity contribution in [1.82, 2.24) is 14.3 Å². The third kappa shape index (κ3) is 9.08. The van der Waals surface area contributed by atoms with E-state index in [2.05, 4.69) is 15.0 Å². The maximum Gasteiger partial charge on any atom is 0.242 e. The summed E-state index contributed by atoms with van der Waals surface area (Å²) >= 11 is 1.60. The molecule has 4 aromatic carbocycles. The molecule has 4 atom stereocenters. The Labute approximate surface area is 296 Å². The van der Waals surface area contributed by atoms with Crippen molar-refractivity contribution in [2.24, 2.45) is 7.05 Å². The van der Waals surface area contributed by atoms with E-state index in [4.69, 9.17) is 9.47 Å². The van der Waals surface area contributed by atoms with Gasteiger partial charge in [0.1, 0.15) is 6.04 Å². The highest BCUT2D eigenvalue weighted by Crippen LogP contribution is 2.39. The first-order valence-corrected chi connectivity index (χ1v) is 18.8. The normalized spacial score (nSPS) is 18.4. The Morgan fingerprint density at radius 2 is 1.72 bits per heavy atom. The second kappa shape index (κ2) is 16.2. The molecule has 0 unspecified atom stereocenters. The fraction of sp³-hybridized carbons (Fsp3) is 0.263. The minimum absolute atomic E-state index is 0.0431. The molecular formula is C38H40N4O6S2. The smallest absolute Gasteiger partial charge is 0.242 e. The number of nitrogens with one attached hydrogen (secondary N) is 2. The molecule has 10 nitrogen and oxygen atoms in total. The van der Waals surface area contributed by atoms with Gasteiger partial charge in [0.15, 0.2) is 11.4 Å². The number of benzene rings is 4. The molecule has 0 saturated carbocycles. The lowest BCUT2D eigenvalue weighted by molar-refractivity contribution is -0.245. The lowest BCUT2D eigenvalue weighted by Gasteiger charge is -2.36. The number of anilines is 1. The summed E-state index contributed by atoms with van der Waals surface area (Å²) in [6.45, 7) is 1.84. The van der Waals surface area contributed by atoms with Crippen LogP contribution in [0, 0.1) is 6.92 Å². The molecule has 6 rings (SSSR count). The molecule has 1 aromatic heterocycles. The summed E-state index contributed by atoms with van der Waals surface area (Å²) in [5.74, 6) is 0.146. The summed E-state index contributed by atoms with van der Waals surface area (Å²) in [7, 11) is -2.05. The summed E-state index contributed by atoms with van der Waals surface area (Å²) < 4.78 is 44.4. The SMILES string of the molecule is Cc1ccc(S(=O)(=O)N[C@H](Cc2ccccc2)C(=O)Nc2cccc([C@@H]3O[C@H](CSc4nccn4C)C[C@H](c4ccc(CO)cc4)O3)c2)cc1. The number of carbonyl (C=O) groups is 1. The lowest BCUT2D eigenvalue weighted by atomic mass is 10.0. The van der Waals surface area contributed by atoms with E-state index >= 15 is 0 Å². The average Bonchev–Trinajstić information content (AvgIpc) is 3.55. The van der Waals surface area contributed by atoms with Crippen molar-refractivity contribution in [2.75, 3.05) is 11.1 Å². The van der Waals surface area contributed by atoms with Crippen LogP contribution in [0.25, 0.3) is 0 Å². The standard InChI is InChI=1S/C38H40N4O6S2/c1-26-11-17-33(18-12-26)50(45,46)41-34(21-27-7-4-3-5-8-27)36(44)40-31-10-6-9-30(22-31)37-47-32(25-49-38-39-19-20-42(38)2)23-35(48-37)29-15-13-28(24-43)14-16-29/h3-20,22,32,34-35,37,41,43H,21,23-25H2,1-2H3,(H,40,44)/t32-,34+,35+,37+/m0/s1. The number of aliphatic hydroxyl groups excluding tert-OH is 1. The van der Waals surface area contributed by atoms with E-state index in [-0.39, 0.29) is 30.1 Å². The number of nitrogens with zero attached hydrogens (tertiary/aromatic N) is 2. The number of hydrogen-bond acceptors (Lipinski definition) is 8. The molecule has 1 aliphatic heterocycles. The Balaban J connectivity index is 1.22. The molecule has 1 fully saturated rings. The van der Waals surface area contributed by atoms with Crippen molar-refractivity contribution in [3.05, 3.63) is 143 Å². The molecule has 50 heavy (non-hydrogen) atoms. The summed E-state index contributed by atoms with van der Waals surface area (Å²) in [5.41, 5.74) is 4.69. The first-order chi connectivity index (χ1) is 24.2. The van der Waals surface area contributed by atoms with Crippen LogP contribution in [0.5, 0.6) is 0 Å². The maximum absolute atomic E-state index is 13.8. The van der Waals surface area contributed by atoms with Crippen molar-refractivity contribution in [2.45, 2.75) is 61.0 Å². The highest BCUT2D eigenvalue weighted by Gasteiger charge is 2.33. The Bertz CT molecular complexity index is 1990. The fourth-order valence-corrected chi connectivity index (χ4v) is 7.83. The summed E-state index contributed by atoms with van der Waals surface area (Å²) in [6.07, 6.45) is 3.23. The van der Waals surface area contributed by atoms with Gasteiger partial charge in [-0.3, -0.25) is 4.79 Å². The third-order valence-electron chi connectivity index (χ3n) is 8.44. The molecule has 1 aliphatic rings.